The van der Waals surface area contributed by atoms with Crippen LogP contribution in [0.2, 0.25) is 0 Å². The summed E-state index contributed by atoms with van der Waals surface area (Å²) in [4.78, 5) is 6.41. The van der Waals surface area contributed by atoms with Crippen LogP contribution in [-0.2, 0) is 0 Å². The molecule has 1 aromatic heterocycles. The second kappa shape index (κ2) is 5.72. The molecule has 3 nitrogen and oxygen atoms in total. The predicted molar refractivity (Wildman–Crippen MR) is 66.3 cm³/mol. The van der Waals surface area contributed by atoms with Gasteiger partial charge in [-0.1, -0.05) is 12.2 Å². The molecule has 0 amide bonds. The lowest BCUT2D eigenvalue weighted by Crippen LogP contribution is -2.24. The molecule has 0 unspecified atom stereocenters. The lowest BCUT2D eigenvalue weighted by Gasteiger charge is -2.20. The summed E-state index contributed by atoms with van der Waals surface area (Å²) in [6.45, 7) is 10.7. The number of rotatable bonds is 5. The Hall–Kier alpha value is -2.08. The van der Waals surface area contributed by atoms with Gasteiger partial charge in [0.15, 0.2) is 0 Å². The van der Waals surface area contributed by atoms with E-state index < -0.39 is 0 Å². The molecule has 16 heavy (non-hydrogen) atoms. The highest BCUT2D eigenvalue weighted by Gasteiger charge is 2.06. The molecular formula is C13H15N3. The predicted octanol–water partition coefficient (Wildman–Crippen LogP) is 2.44. The monoisotopic (exact) mass is 213 g/mol. The summed E-state index contributed by atoms with van der Waals surface area (Å²) in [6, 6.07) is 5.67. The molecular weight excluding hydrogens is 198 g/mol. The Bertz CT molecular complexity index is 419. The van der Waals surface area contributed by atoms with Gasteiger partial charge < -0.3 is 4.90 Å². The highest BCUT2D eigenvalue weighted by Crippen LogP contribution is 2.14. The molecule has 0 fully saturated rings. The van der Waals surface area contributed by atoms with Crippen molar-refractivity contribution in [2.75, 3.05) is 18.0 Å². The fourth-order valence-corrected chi connectivity index (χ4v) is 1.45. The van der Waals surface area contributed by atoms with E-state index in [9.17, 15) is 0 Å². The zero-order valence-electron chi connectivity index (χ0n) is 9.48. The van der Waals surface area contributed by atoms with Crippen molar-refractivity contribution in [3.05, 3.63) is 48.7 Å². The van der Waals surface area contributed by atoms with Crippen LogP contribution in [0.4, 0.5) is 5.82 Å². The van der Waals surface area contributed by atoms with Crippen LogP contribution in [-0.4, -0.2) is 18.1 Å². The van der Waals surface area contributed by atoms with Gasteiger partial charge in [-0.3, -0.25) is 0 Å². The van der Waals surface area contributed by atoms with E-state index in [1.807, 2.05) is 11.8 Å². The third kappa shape index (κ3) is 2.96. The van der Waals surface area contributed by atoms with Crippen LogP contribution in [0, 0.1) is 18.3 Å². The van der Waals surface area contributed by atoms with Gasteiger partial charge >= 0.3 is 0 Å². The fraction of sp³-hybridized carbons (Fsp3) is 0.231. The van der Waals surface area contributed by atoms with E-state index in [2.05, 4.69) is 24.2 Å². The SMILES string of the molecule is C=CCN(CC=C)c1cc(C#N)cc(C)n1. The lowest BCUT2D eigenvalue weighted by molar-refractivity contribution is 0.918. The van der Waals surface area contributed by atoms with E-state index >= 15 is 0 Å². The molecule has 1 rings (SSSR count). The van der Waals surface area contributed by atoms with E-state index in [-0.39, 0.29) is 0 Å². The Labute approximate surface area is 96.3 Å². The van der Waals surface area contributed by atoms with Gasteiger partial charge in [0.1, 0.15) is 5.82 Å². The molecule has 82 valence electrons. The molecule has 1 heterocycles. The van der Waals surface area contributed by atoms with Crippen LogP contribution >= 0.6 is 0 Å². The average Bonchev–Trinajstić information content (AvgIpc) is 2.28. The minimum absolute atomic E-state index is 0.626. The largest absolute Gasteiger partial charge is 0.349 e. The summed E-state index contributed by atoms with van der Waals surface area (Å²) in [5.41, 5.74) is 1.47. The highest BCUT2D eigenvalue weighted by atomic mass is 15.2. The van der Waals surface area contributed by atoms with Crippen molar-refractivity contribution in [3.8, 4) is 6.07 Å². The van der Waals surface area contributed by atoms with Gasteiger partial charge in [0, 0.05) is 18.8 Å². The third-order valence-corrected chi connectivity index (χ3v) is 2.09. The maximum Gasteiger partial charge on any atom is 0.130 e. The van der Waals surface area contributed by atoms with Gasteiger partial charge in [-0.2, -0.15) is 5.26 Å². The van der Waals surface area contributed by atoms with Crippen molar-refractivity contribution < 1.29 is 0 Å². The Morgan fingerprint density at radius 2 is 2.00 bits per heavy atom. The van der Waals surface area contributed by atoms with Crippen molar-refractivity contribution in [2.45, 2.75) is 6.92 Å². The maximum absolute atomic E-state index is 8.89. The van der Waals surface area contributed by atoms with E-state index in [0.29, 0.717) is 18.7 Å². The molecule has 3 heteroatoms. The Balaban J connectivity index is 3.08. The van der Waals surface area contributed by atoms with Crippen LogP contribution in [0.25, 0.3) is 0 Å². The summed E-state index contributed by atoms with van der Waals surface area (Å²) in [5, 5.41) is 8.89. The molecule has 0 aromatic carbocycles. The van der Waals surface area contributed by atoms with Crippen LogP contribution in [0.5, 0.6) is 0 Å². The molecule has 0 aliphatic rings. The van der Waals surface area contributed by atoms with Crippen molar-refractivity contribution >= 4 is 5.82 Å². The number of pyridine rings is 1. The summed E-state index contributed by atoms with van der Waals surface area (Å²) in [5.74, 6) is 0.788. The number of nitrogens with zero attached hydrogens (tertiary/aromatic N) is 3. The van der Waals surface area contributed by atoms with Crippen LogP contribution < -0.4 is 4.90 Å². The normalized spacial score (nSPS) is 9.25. The second-order valence-corrected chi connectivity index (χ2v) is 3.45. The van der Waals surface area contributed by atoms with Gasteiger partial charge in [-0.05, 0) is 19.1 Å². The number of aryl methyl sites for hydroxylation is 1. The first-order valence-corrected chi connectivity index (χ1v) is 5.06. The first-order valence-electron chi connectivity index (χ1n) is 5.06. The van der Waals surface area contributed by atoms with Crippen molar-refractivity contribution in [1.82, 2.24) is 4.98 Å². The molecule has 0 N–H and O–H groups in total. The van der Waals surface area contributed by atoms with Gasteiger partial charge in [-0.25, -0.2) is 4.98 Å². The van der Waals surface area contributed by atoms with Gasteiger partial charge in [0.25, 0.3) is 0 Å². The van der Waals surface area contributed by atoms with Gasteiger partial charge in [0.2, 0.25) is 0 Å². The molecule has 0 saturated carbocycles. The van der Waals surface area contributed by atoms with Crippen LogP contribution in [0.3, 0.4) is 0 Å². The average molecular weight is 213 g/mol. The van der Waals surface area contributed by atoms with Crippen molar-refractivity contribution in [2.24, 2.45) is 0 Å². The Morgan fingerprint density at radius 1 is 1.38 bits per heavy atom. The number of nitriles is 1. The molecule has 0 atom stereocenters. The summed E-state index contributed by atoms with van der Waals surface area (Å²) >= 11 is 0. The number of hydrogen-bond donors (Lipinski definition) is 0. The van der Waals surface area contributed by atoms with Crippen molar-refractivity contribution in [1.29, 1.82) is 5.26 Å². The van der Waals surface area contributed by atoms with Gasteiger partial charge in [0.05, 0.1) is 11.6 Å². The zero-order chi connectivity index (χ0) is 12.0. The fourth-order valence-electron chi connectivity index (χ4n) is 1.45. The number of aromatic nitrogens is 1. The summed E-state index contributed by atoms with van der Waals surface area (Å²) < 4.78 is 0. The van der Waals surface area contributed by atoms with Crippen LogP contribution in [0.15, 0.2) is 37.4 Å². The Morgan fingerprint density at radius 3 is 2.50 bits per heavy atom. The standard InChI is InChI=1S/C13H15N3/c1-4-6-16(7-5-2)13-9-12(10-14)8-11(3)15-13/h4-5,8-9H,1-2,6-7H2,3H3. The van der Waals surface area contributed by atoms with Crippen LogP contribution in [0.1, 0.15) is 11.3 Å². The molecule has 0 saturated heterocycles. The summed E-state index contributed by atoms with van der Waals surface area (Å²) in [6.07, 6.45) is 3.61. The second-order valence-electron chi connectivity index (χ2n) is 3.45. The minimum Gasteiger partial charge on any atom is -0.349 e. The molecule has 0 bridgehead atoms. The highest BCUT2D eigenvalue weighted by molar-refractivity contribution is 5.47. The zero-order valence-corrected chi connectivity index (χ0v) is 9.48. The first-order chi connectivity index (χ1) is 7.71. The lowest BCUT2D eigenvalue weighted by atomic mass is 10.2. The van der Waals surface area contributed by atoms with E-state index in [1.54, 1.807) is 24.3 Å². The topological polar surface area (TPSA) is 39.9 Å². The third-order valence-electron chi connectivity index (χ3n) is 2.09. The van der Waals surface area contributed by atoms with E-state index in [0.717, 1.165) is 11.5 Å². The minimum atomic E-state index is 0.626. The number of hydrogen-bond acceptors (Lipinski definition) is 3. The first kappa shape index (κ1) is 12.0. The molecule has 0 aliphatic carbocycles. The molecule has 0 radical (unpaired) electrons. The van der Waals surface area contributed by atoms with Crippen molar-refractivity contribution in [3.63, 3.8) is 0 Å². The number of anilines is 1. The molecule has 0 aliphatic heterocycles. The van der Waals surface area contributed by atoms with E-state index in [4.69, 9.17) is 5.26 Å². The quantitative estimate of drug-likeness (QED) is 0.705. The molecule has 0 spiro atoms. The molecule has 1 aromatic rings. The smallest absolute Gasteiger partial charge is 0.130 e. The Kier molecular flexibility index (Phi) is 4.28. The summed E-state index contributed by atoms with van der Waals surface area (Å²) in [7, 11) is 0. The van der Waals surface area contributed by atoms with Gasteiger partial charge in [-0.15, -0.1) is 13.2 Å². The van der Waals surface area contributed by atoms with E-state index in [1.165, 1.54) is 0 Å². The maximum atomic E-state index is 8.89.